The van der Waals surface area contributed by atoms with Gasteiger partial charge in [0.2, 0.25) is 5.91 Å². The first-order valence-electron chi connectivity index (χ1n) is 7.50. The maximum Gasteiger partial charge on any atom is 0.307 e. The molecule has 1 aromatic rings. The number of likely N-dealkylation sites (tertiary alicyclic amines) is 1. The smallest absolute Gasteiger partial charge is 0.307 e. The van der Waals surface area contributed by atoms with Gasteiger partial charge in [0.05, 0.1) is 25.3 Å². The Labute approximate surface area is 152 Å². The first-order valence-corrected chi connectivity index (χ1v) is 7.87. The third-order valence-electron chi connectivity index (χ3n) is 3.98. The van der Waals surface area contributed by atoms with Gasteiger partial charge in [-0.15, -0.1) is 12.4 Å². The van der Waals surface area contributed by atoms with Crippen LogP contribution < -0.4 is 10.1 Å². The summed E-state index contributed by atoms with van der Waals surface area (Å²) in [4.78, 5) is 25.2. The number of methoxy groups -OCH3 is 1. The molecule has 1 aliphatic heterocycles. The lowest BCUT2D eigenvalue weighted by molar-refractivity contribution is -0.144. The molecular weight excluding hydrogens is 355 g/mol. The number of aryl methyl sites for hydroxylation is 1. The van der Waals surface area contributed by atoms with E-state index < -0.39 is 11.9 Å². The molecule has 1 atom stereocenters. The number of carbonyl (C=O) groups excluding carboxylic acids is 1. The molecule has 0 radical (unpaired) electrons. The first kappa shape index (κ1) is 20.5. The Kier molecular flexibility index (Phi) is 7.79. The highest BCUT2D eigenvalue weighted by molar-refractivity contribution is 6.31. The van der Waals surface area contributed by atoms with Crippen LogP contribution in [0.2, 0.25) is 5.02 Å². The highest BCUT2D eigenvalue weighted by Gasteiger charge is 2.26. The van der Waals surface area contributed by atoms with Gasteiger partial charge >= 0.3 is 5.97 Å². The largest absolute Gasteiger partial charge is 0.495 e. The number of carboxylic acid groups (broad SMARTS) is 1. The topological polar surface area (TPSA) is 78.9 Å². The molecule has 134 valence electrons. The van der Waals surface area contributed by atoms with E-state index in [2.05, 4.69) is 5.32 Å². The number of hydrogen-bond acceptors (Lipinski definition) is 4. The second-order valence-corrected chi connectivity index (χ2v) is 6.17. The number of amides is 1. The SMILES string of the molecule is COc1cc(Cl)c(C)cc1NC(=O)CN1CCCC(C(=O)O)C1.Cl. The van der Waals surface area contributed by atoms with Crippen LogP contribution in [0.4, 0.5) is 5.69 Å². The molecule has 0 spiro atoms. The van der Waals surface area contributed by atoms with Crippen LogP contribution in [0.3, 0.4) is 0 Å². The second-order valence-electron chi connectivity index (χ2n) is 5.76. The number of nitrogens with zero attached hydrogens (tertiary/aromatic N) is 1. The van der Waals surface area contributed by atoms with Gasteiger partial charge in [-0.25, -0.2) is 0 Å². The van der Waals surface area contributed by atoms with E-state index in [1.54, 1.807) is 12.1 Å². The molecule has 24 heavy (non-hydrogen) atoms. The van der Waals surface area contributed by atoms with Gasteiger partial charge in [-0.1, -0.05) is 11.6 Å². The normalized spacial score (nSPS) is 17.7. The fourth-order valence-corrected chi connectivity index (χ4v) is 2.88. The third-order valence-corrected chi connectivity index (χ3v) is 4.38. The maximum absolute atomic E-state index is 12.2. The zero-order valence-corrected chi connectivity index (χ0v) is 15.2. The summed E-state index contributed by atoms with van der Waals surface area (Å²) < 4.78 is 5.23. The van der Waals surface area contributed by atoms with Crippen LogP contribution in [0.25, 0.3) is 0 Å². The molecule has 6 nitrogen and oxygen atoms in total. The molecule has 1 aromatic carbocycles. The molecular formula is C16H22Cl2N2O4. The fraction of sp³-hybridized carbons (Fsp3) is 0.500. The lowest BCUT2D eigenvalue weighted by Gasteiger charge is -2.30. The average molecular weight is 377 g/mol. The molecule has 1 unspecified atom stereocenters. The molecule has 0 bridgehead atoms. The highest BCUT2D eigenvalue weighted by Crippen LogP contribution is 2.31. The molecule has 1 fully saturated rings. The predicted molar refractivity (Wildman–Crippen MR) is 95.4 cm³/mol. The van der Waals surface area contributed by atoms with Crippen LogP contribution in [0.15, 0.2) is 12.1 Å². The van der Waals surface area contributed by atoms with E-state index in [0.29, 0.717) is 29.4 Å². The number of carbonyl (C=O) groups is 2. The summed E-state index contributed by atoms with van der Waals surface area (Å²) >= 11 is 6.05. The number of hydrogen-bond donors (Lipinski definition) is 2. The maximum atomic E-state index is 12.2. The van der Waals surface area contributed by atoms with Gasteiger partial charge in [-0.05, 0) is 37.9 Å². The average Bonchev–Trinajstić information content (AvgIpc) is 2.50. The van der Waals surface area contributed by atoms with E-state index >= 15 is 0 Å². The van der Waals surface area contributed by atoms with Crippen LogP contribution in [-0.4, -0.2) is 48.6 Å². The molecule has 0 aromatic heterocycles. The summed E-state index contributed by atoms with van der Waals surface area (Å²) in [7, 11) is 1.51. The second kappa shape index (κ2) is 9.11. The van der Waals surface area contributed by atoms with E-state index in [1.165, 1.54) is 7.11 Å². The van der Waals surface area contributed by atoms with E-state index in [-0.39, 0.29) is 24.9 Å². The Bertz CT molecular complexity index is 610. The van der Waals surface area contributed by atoms with Gasteiger partial charge in [0.15, 0.2) is 0 Å². The van der Waals surface area contributed by atoms with Crippen molar-refractivity contribution in [3.63, 3.8) is 0 Å². The van der Waals surface area contributed by atoms with E-state index in [0.717, 1.165) is 18.5 Å². The Morgan fingerprint density at radius 2 is 2.17 bits per heavy atom. The van der Waals surface area contributed by atoms with Crippen molar-refractivity contribution in [2.75, 3.05) is 32.1 Å². The molecule has 0 saturated carbocycles. The third kappa shape index (κ3) is 5.26. The van der Waals surface area contributed by atoms with Gasteiger partial charge < -0.3 is 15.2 Å². The van der Waals surface area contributed by atoms with Gasteiger partial charge in [-0.3, -0.25) is 14.5 Å². The lowest BCUT2D eigenvalue weighted by Crippen LogP contribution is -2.42. The van der Waals surface area contributed by atoms with E-state index in [1.807, 2.05) is 11.8 Å². The van der Waals surface area contributed by atoms with Crippen LogP contribution in [0.1, 0.15) is 18.4 Å². The van der Waals surface area contributed by atoms with Crippen molar-refractivity contribution < 1.29 is 19.4 Å². The number of halogens is 2. The molecule has 0 aliphatic carbocycles. The molecule has 2 rings (SSSR count). The van der Waals surface area contributed by atoms with Crippen molar-refractivity contribution in [3.05, 3.63) is 22.7 Å². The number of benzene rings is 1. The lowest BCUT2D eigenvalue weighted by atomic mass is 9.98. The molecule has 1 saturated heterocycles. The van der Waals surface area contributed by atoms with Crippen LogP contribution in [0.5, 0.6) is 5.75 Å². The Balaban J connectivity index is 0.00000288. The van der Waals surface area contributed by atoms with Crippen molar-refractivity contribution >= 4 is 41.6 Å². The zero-order valence-electron chi connectivity index (χ0n) is 13.7. The molecule has 8 heteroatoms. The van der Waals surface area contributed by atoms with E-state index in [4.69, 9.17) is 21.4 Å². The Morgan fingerprint density at radius 3 is 2.79 bits per heavy atom. The van der Waals surface area contributed by atoms with Gasteiger partial charge in [0.1, 0.15) is 5.75 Å². The number of carboxylic acids is 1. The minimum absolute atomic E-state index is 0. The van der Waals surface area contributed by atoms with Crippen LogP contribution >= 0.6 is 24.0 Å². The van der Waals surface area contributed by atoms with Crippen molar-refractivity contribution in [2.24, 2.45) is 5.92 Å². The fourth-order valence-electron chi connectivity index (χ4n) is 2.72. The highest BCUT2D eigenvalue weighted by atomic mass is 35.5. The van der Waals surface area contributed by atoms with Gasteiger partial charge in [0.25, 0.3) is 0 Å². The van der Waals surface area contributed by atoms with Gasteiger partial charge in [0, 0.05) is 17.6 Å². The van der Waals surface area contributed by atoms with Crippen molar-refractivity contribution in [2.45, 2.75) is 19.8 Å². The molecule has 2 N–H and O–H groups in total. The van der Waals surface area contributed by atoms with Crippen molar-refractivity contribution in [1.82, 2.24) is 4.90 Å². The Hall–Kier alpha value is -1.50. The number of nitrogens with one attached hydrogen (secondary N) is 1. The standard InChI is InChI=1S/C16H21ClN2O4.ClH/c1-10-6-13(14(23-2)7-12(10)17)18-15(20)9-19-5-3-4-11(8-19)16(21)22;/h6-7,11H,3-5,8-9H2,1-2H3,(H,18,20)(H,21,22);1H. The zero-order chi connectivity index (χ0) is 17.0. The van der Waals surface area contributed by atoms with E-state index in [9.17, 15) is 9.59 Å². The first-order chi connectivity index (χ1) is 10.9. The summed E-state index contributed by atoms with van der Waals surface area (Å²) in [6, 6.07) is 3.42. The number of anilines is 1. The minimum Gasteiger partial charge on any atom is -0.495 e. The minimum atomic E-state index is -0.801. The number of ether oxygens (including phenoxy) is 1. The summed E-state index contributed by atoms with van der Waals surface area (Å²) in [6.45, 7) is 3.14. The van der Waals surface area contributed by atoms with Crippen molar-refractivity contribution in [1.29, 1.82) is 0 Å². The summed E-state index contributed by atoms with van der Waals surface area (Å²) in [5.41, 5.74) is 1.40. The quantitative estimate of drug-likeness (QED) is 0.825. The molecule has 1 amide bonds. The van der Waals surface area contributed by atoms with Crippen molar-refractivity contribution in [3.8, 4) is 5.75 Å². The predicted octanol–water partition coefficient (Wildman–Crippen LogP) is 2.81. The van der Waals surface area contributed by atoms with Crippen LogP contribution in [0, 0.1) is 12.8 Å². The van der Waals surface area contributed by atoms with Crippen LogP contribution in [-0.2, 0) is 9.59 Å². The van der Waals surface area contributed by atoms with Gasteiger partial charge in [-0.2, -0.15) is 0 Å². The summed E-state index contributed by atoms with van der Waals surface area (Å²) in [6.07, 6.45) is 1.45. The molecule has 1 aliphatic rings. The summed E-state index contributed by atoms with van der Waals surface area (Å²) in [5, 5.41) is 12.5. The number of piperidine rings is 1. The monoisotopic (exact) mass is 376 g/mol. The number of aliphatic carboxylic acids is 1. The summed E-state index contributed by atoms with van der Waals surface area (Å²) in [5.74, 6) is -0.902. The molecule has 1 heterocycles. The number of rotatable bonds is 5. The Morgan fingerprint density at radius 1 is 1.46 bits per heavy atom.